The highest BCUT2D eigenvalue weighted by molar-refractivity contribution is 9.10. The van der Waals surface area contributed by atoms with E-state index in [9.17, 15) is 0 Å². The lowest BCUT2D eigenvalue weighted by molar-refractivity contribution is 0.0228. The minimum atomic E-state index is -2.02. The van der Waals surface area contributed by atoms with Gasteiger partial charge in [0.25, 0.3) is 0 Å². The standard InChI is InChI=1S/C31H35BrF3N3OSi/c1-19-13-23-22(11-12-27-24(23)16-36-37-27)29(28-25(33)14-20(32)15-26(28)34)38(19)17-31(5,35)18-39-40(30(2,3)4)21-9-7-6-8-10-21/h6-12,14-16,19,29,40H,13,17-18H2,1-5H3,(H,36,37)/t19-,29+,31?,40?/m1/s1. The Bertz CT molecular complexity index is 1480. The smallest absolute Gasteiger partial charge is 0.213 e. The van der Waals surface area contributed by atoms with Gasteiger partial charge in [0.05, 0.1) is 24.4 Å². The van der Waals surface area contributed by atoms with Crippen LogP contribution in [-0.2, 0) is 10.8 Å². The largest absolute Gasteiger partial charge is 0.412 e. The number of fused-ring (bicyclic) bond motifs is 3. The number of halogens is 4. The van der Waals surface area contributed by atoms with Crippen molar-refractivity contribution in [3.05, 3.63) is 93.6 Å². The summed E-state index contributed by atoms with van der Waals surface area (Å²) in [6.45, 7) is 9.74. The van der Waals surface area contributed by atoms with E-state index < -0.39 is 32.4 Å². The molecule has 4 atom stereocenters. The Kier molecular flexibility index (Phi) is 8.04. The Labute approximate surface area is 243 Å². The summed E-state index contributed by atoms with van der Waals surface area (Å²) < 4.78 is 54.3. The van der Waals surface area contributed by atoms with Crippen LogP contribution >= 0.6 is 15.9 Å². The summed E-state index contributed by atoms with van der Waals surface area (Å²) in [7, 11) is -2.02. The molecule has 0 radical (unpaired) electrons. The van der Waals surface area contributed by atoms with Gasteiger partial charge < -0.3 is 4.43 Å². The number of benzene rings is 3. The number of H-pyrrole nitrogens is 1. The van der Waals surface area contributed by atoms with Crippen LogP contribution in [-0.4, -0.2) is 49.0 Å². The van der Waals surface area contributed by atoms with E-state index in [4.69, 9.17) is 4.43 Å². The lowest BCUT2D eigenvalue weighted by Gasteiger charge is -2.45. The zero-order valence-electron chi connectivity index (χ0n) is 23.4. The normalized spacial score (nSPS) is 20.3. The average Bonchev–Trinajstić information content (AvgIpc) is 3.34. The molecule has 2 unspecified atom stereocenters. The number of alkyl halides is 1. The highest BCUT2D eigenvalue weighted by atomic mass is 79.9. The van der Waals surface area contributed by atoms with Gasteiger partial charge in [0.2, 0.25) is 9.04 Å². The van der Waals surface area contributed by atoms with E-state index in [0.717, 1.165) is 27.2 Å². The van der Waals surface area contributed by atoms with Gasteiger partial charge in [-0.15, -0.1) is 0 Å². The molecule has 2 heterocycles. The van der Waals surface area contributed by atoms with Crippen molar-refractivity contribution in [1.29, 1.82) is 0 Å². The summed E-state index contributed by atoms with van der Waals surface area (Å²) in [5.41, 5.74) is 0.745. The van der Waals surface area contributed by atoms with Crippen LogP contribution in [0.3, 0.4) is 0 Å². The summed E-state index contributed by atoms with van der Waals surface area (Å²) in [6, 6.07) is 15.3. The Morgan fingerprint density at radius 3 is 2.40 bits per heavy atom. The van der Waals surface area contributed by atoms with E-state index in [1.165, 1.54) is 19.1 Å². The van der Waals surface area contributed by atoms with E-state index in [1.807, 2.05) is 54.3 Å². The molecule has 4 nitrogen and oxygen atoms in total. The SMILES string of the molecule is C[C@@H]1Cc2c(ccc3[nH]ncc23)[C@@H](c2c(F)cc(Br)cc2F)N1CC(C)(F)CO[SiH](c1ccccc1)C(C)(C)C. The molecule has 9 heteroatoms. The zero-order valence-corrected chi connectivity index (χ0v) is 26.2. The second-order valence-electron chi connectivity index (χ2n) is 12.3. The molecule has 0 fully saturated rings. The van der Waals surface area contributed by atoms with E-state index >= 15 is 13.2 Å². The topological polar surface area (TPSA) is 41.2 Å². The molecule has 1 N–H and O–H groups in total. The minimum Gasteiger partial charge on any atom is -0.412 e. The van der Waals surface area contributed by atoms with Crippen LogP contribution in [0, 0.1) is 11.6 Å². The molecule has 0 saturated carbocycles. The summed E-state index contributed by atoms with van der Waals surface area (Å²) in [4.78, 5) is 1.89. The first kappa shape index (κ1) is 29.0. The van der Waals surface area contributed by atoms with Crippen LogP contribution in [0.25, 0.3) is 10.9 Å². The van der Waals surface area contributed by atoms with Gasteiger partial charge in [-0.25, -0.2) is 13.2 Å². The van der Waals surface area contributed by atoms with Gasteiger partial charge in [0.15, 0.2) is 0 Å². The third-order valence-corrected chi connectivity index (χ3v) is 11.3. The number of nitrogens with one attached hydrogen (secondary N) is 1. The molecule has 212 valence electrons. The van der Waals surface area contributed by atoms with Gasteiger partial charge in [0.1, 0.15) is 17.3 Å². The Morgan fingerprint density at radius 2 is 1.75 bits per heavy atom. The van der Waals surface area contributed by atoms with E-state index in [2.05, 4.69) is 46.9 Å². The molecule has 0 saturated heterocycles. The third-order valence-electron chi connectivity index (χ3n) is 7.73. The summed E-state index contributed by atoms with van der Waals surface area (Å²) in [6.07, 6.45) is 2.35. The van der Waals surface area contributed by atoms with Crippen LogP contribution < -0.4 is 5.19 Å². The number of rotatable bonds is 7. The van der Waals surface area contributed by atoms with Crippen molar-refractivity contribution >= 4 is 41.1 Å². The Balaban J connectivity index is 1.51. The number of hydrogen-bond acceptors (Lipinski definition) is 3. The van der Waals surface area contributed by atoms with Crippen LogP contribution in [0.2, 0.25) is 5.04 Å². The van der Waals surface area contributed by atoms with Crippen molar-refractivity contribution in [3.63, 3.8) is 0 Å². The Hall–Kier alpha value is -2.46. The fraction of sp³-hybridized carbons (Fsp3) is 0.387. The van der Waals surface area contributed by atoms with Gasteiger partial charge in [0, 0.05) is 28.0 Å². The predicted octanol–water partition coefficient (Wildman–Crippen LogP) is 7.12. The summed E-state index contributed by atoms with van der Waals surface area (Å²) in [5.74, 6) is -1.34. The number of aromatic nitrogens is 2. The number of hydrogen-bond donors (Lipinski definition) is 1. The second-order valence-corrected chi connectivity index (χ2v) is 16.7. The van der Waals surface area contributed by atoms with Crippen LogP contribution in [0.15, 0.2) is 65.3 Å². The summed E-state index contributed by atoms with van der Waals surface area (Å²) >= 11 is 3.20. The fourth-order valence-electron chi connectivity index (χ4n) is 5.96. The molecule has 0 aliphatic carbocycles. The molecular formula is C31H35BrF3N3OSi. The molecule has 4 aromatic rings. The first-order valence-electron chi connectivity index (χ1n) is 13.6. The van der Waals surface area contributed by atoms with Crippen molar-refractivity contribution in [2.75, 3.05) is 13.2 Å². The minimum absolute atomic E-state index is 0.0449. The zero-order chi connectivity index (χ0) is 28.8. The lowest BCUT2D eigenvalue weighted by atomic mass is 9.82. The van der Waals surface area contributed by atoms with Crippen molar-refractivity contribution in [2.45, 2.75) is 63.8 Å². The first-order valence-corrected chi connectivity index (χ1v) is 16.0. The van der Waals surface area contributed by atoms with Crippen molar-refractivity contribution in [1.82, 2.24) is 15.1 Å². The molecule has 1 aromatic heterocycles. The Morgan fingerprint density at radius 1 is 1.07 bits per heavy atom. The maximum atomic E-state index is 16.5. The van der Waals surface area contributed by atoms with Crippen LogP contribution in [0.5, 0.6) is 0 Å². The highest BCUT2D eigenvalue weighted by Crippen LogP contribution is 2.43. The number of nitrogens with zero attached hydrogens (tertiary/aromatic N) is 2. The van der Waals surface area contributed by atoms with Gasteiger partial charge in [-0.2, -0.15) is 5.10 Å². The molecule has 0 spiro atoms. The van der Waals surface area contributed by atoms with E-state index in [1.54, 1.807) is 6.20 Å². The first-order chi connectivity index (χ1) is 18.9. The van der Waals surface area contributed by atoms with Gasteiger partial charge in [-0.3, -0.25) is 10.00 Å². The highest BCUT2D eigenvalue weighted by Gasteiger charge is 2.42. The van der Waals surface area contributed by atoms with Crippen molar-refractivity contribution < 1.29 is 17.6 Å². The van der Waals surface area contributed by atoms with E-state index in [-0.39, 0.29) is 29.8 Å². The molecule has 0 amide bonds. The van der Waals surface area contributed by atoms with E-state index in [0.29, 0.717) is 10.9 Å². The van der Waals surface area contributed by atoms with Crippen molar-refractivity contribution in [3.8, 4) is 0 Å². The average molecular weight is 631 g/mol. The predicted molar refractivity (Wildman–Crippen MR) is 160 cm³/mol. The molecule has 1 aliphatic heterocycles. The maximum Gasteiger partial charge on any atom is 0.213 e. The molecule has 5 rings (SSSR count). The lowest BCUT2D eigenvalue weighted by Crippen LogP contribution is -2.52. The van der Waals surface area contributed by atoms with Crippen LogP contribution in [0.4, 0.5) is 13.2 Å². The molecule has 40 heavy (non-hydrogen) atoms. The van der Waals surface area contributed by atoms with Gasteiger partial charge >= 0.3 is 0 Å². The monoisotopic (exact) mass is 629 g/mol. The molecule has 1 aliphatic rings. The second kappa shape index (κ2) is 11.1. The quantitative estimate of drug-likeness (QED) is 0.221. The van der Waals surface area contributed by atoms with Gasteiger partial charge in [-0.05, 0) is 59.8 Å². The molecule has 0 bridgehead atoms. The molecular weight excluding hydrogens is 595 g/mol. The third kappa shape index (κ3) is 5.79. The fourth-order valence-corrected chi connectivity index (χ4v) is 9.14. The van der Waals surface area contributed by atoms with Gasteiger partial charge in [-0.1, -0.05) is 73.1 Å². The molecule has 3 aromatic carbocycles. The van der Waals surface area contributed by atoms with Crippen LogP contribution in [0.1, 0.15) is 57.4 Å². The maximum absolute atomic E-state index is 16.5. The summed E-state index contributed by atoms with van der Waals surface area (Å²) in [5, 5.41) is 9.06. The van der Waals surface area contributed by atoms with Crippen molar-refractivity contribution in [2.24, 2.45) is 0 Å². The number of aromatic amines is 1.